The van der Waals surface area contributed by atoms with Crippen LogP contribution in [-0.4, -0.2) is 44.8 Å². The Bertz CT molecular complexity index is 1010. The Morgan fingerprint density at radius 3 is 2.31 bits per heavy atom. The molecule has 1 aliphatic heterocycles. The molecular formula is C21H25N3O4S. The first-order chi connectivity index (χ1) is 13.8. The highest BCUT2D eigenvalue weighted by Gasteiger charge is 2.21. The van der Waals surface area contributed by atoms with Crippen molar-refractivity contribution in [3.8, 4) is 0 Å². The van der Waals surface area contributed by atoms with Crippen molar-refractivity contribution in [1.82, 2.24) is 10.2 Å². The Balaban J connectivity index is 1.73. The SMILES string of the molecule is Cc1ccc(NS(=O)(=O)c2ccc(C)c(C(=O)NCC(=O)N3CCCC3)c2)cc1. The molecule has 2 amide bonds. The van der Waals surface area contributed by atoms with Gasteiger partial charge in [-0.2, -0.15) is 0 Å². The second kappa shape index (κ2) is 8.65. The first kappa shape index (κ1) is 20.9. The van der Waals surface area contributed by atoms with Crippen molar-refractivity contribution in [3.05, 3.63) is 59.2 Å². The molecule has 2 N–H and O–H groups in total. The van der Waals surface area contributed by atoms with Crippen molar-refractivity contribution < 1.29 is 18.0 Å². The zero-order valence-electron chi connectivity index (χ0n) is 16.6. The van der Waals surface area contributed by atoms with Gasteiger partial charge in [0.2, 0.25) is 5.91 Å². The van der Waals surface area contributed by atoms with E-state index in [4.69, 9.17) is 0 Å². The number of hydrogen-bond donors (Lipinski definition) is 2. The molecule has 2 aromatic carbocycles. The molecule has 0 aromatic heterocycles. The first-order valence-electron chi connectivity index (χ1n) is 9.52. The number of carbonyl (C=O) groups is 2. The lowest BCUT2D eigenvalue weighted by Crippen LogP contribution is -2.38. The number of hydrogen-bond acceptors (Lipinski definition) is 4. The zero-order chi connectivity index (χ0) is 21.0. The fourth-order valence-electron chi connectivity index (χ4n) is 3.18. The smallest absolute Gasteiger partial charge is 0.261 e. The van der Waals surface area contributed by atoms with Gasteiger partial charge in [-0.3, -0.25) is 14.3 Å². The molecule has 1 aliphatic rings. The van der Waals surface area contributed by atoms with E-state index >= 15 is 0 Å². The highest BCUT2D eigenvalue weighted by Crippen LogP contribution is 2.20. The molecule has 1 saturated heterocycles. The number of rotatable bonds is 6. The van der Waals surface area contributed by atoms with E-state index in [1.165, 1.54) is 12.1 Å². The maximum absolute atomic E-state index is 12.7. The van der Waals surface area contributed by atoms with Crippen LogP contribution in [0.5, 0.6) is 0 Å². The fraction of sp³-hybridized carbons (Fsp3) is 0.333. The fourth-order valence-corrected chi connectivity index (χ4v) is 4.26. The van der Waals surface area contributed by atoms with Crippen molar-refractivity contribution in [2.75, 3.05) is 24.4 Å². The Hall–Kier alpha value is -2.87. The van der Waals surface area contributed by atoms with Crippen LogP contribution in [0.4, 0.5) is 5.69 Å². The van der Waals surface area contributed by atoms with E-state index in [0.717, 1.165) is 18.4 Å². The van der Waals surface area contributed by atoms with Gasteiger partial charge in [0.15, 0.2) is 0 Å². The van der Waals surface area contributed by atoms with E-state index in [1.807, 2.05) is 19.1 Å². The maximum atomic E-state index is 12.7. The number of nitrogens with one attached hydrogen (secondary N) is 2. The van der Waals surface area contributed by atoms with Crippen molar-refractivity contribution in [3.63, 3.8) is 0 Å². The van der Waals surface area contributed by atoms with E-state index in [1.54, 1.807) is 30.0 Å². The van der Waals surface area contributed by atoms with Crippen molar-refractivity contribution in [2.24, 2.45) is 0 Å². The van der Waals surface area contributed by atoms with E-state index in [2.05, 4.69) is 10.0 Å². The number of likely N-dealkylation sites (tertiary alicyclic amines) is 1. The van der Waals surface area contributed by atoms with Gasteiger partial charge in [-0.05, 0) is 56.5 Å². The molecule has 7 nitrogen and oxygen atoms in total. The third kappa shape index (κ3) is 5.14. The van der Waals surface area contributed by atoms with Crippen LogP contribution < -0.4 is 10.0 Å². The lowest BCUT2D eigenvalue weighted by atomic mass is 10.1. The summed E-state index contributed by atoms with van der Waals surface area (Å²) in [5.74, 6) is -0.597. The quantitative estimate of drug-likeness (QED) is 0.758. The summed E-state index contributed by atoms with van der Waals surface area (Å²) in [5, 5.41) is 2.61. The summed E-state index contributed by atoms with van der Waals surface area (Å²) in [4.78, 5) is 26.4. The molecule has 3 rings (SSSR count). The monoisotopic (exact) mass is 415 g/mol. The third-order valence-corrected chi connectivity index (χ3v) is 6.31. The van der Waals surface area contributed by atoms with Crippen LogP contribution in [0.15, 0.2) is 47.4 Å². The zero-order valence-corrected chi connectivity index (χ0v) is 17.4. The summed E-state index contributed by atoms with van der Waals surface area (Å²) in [7, 11) is -3.85. The number of anilines is 1. The minimum Gasteiger partial charge on any atom is -0.343 e. The number of nitrogens with zero attached hydrogens (tertiary/aromatic N) is 1. The van der Waals surface area contributed by atoms with E-state index in [0.29, 0.717) is 24.3 Å². The predicted octanol–water partition coefficient (Wildman–Crippen LogP) is 2.46. The number of benzene rings is 2. The van der Waals surface area contributed by atoms with Crippen LogP contribution in [0, 0.1) is 13.8 Å². The van der Waals surface area contributed by atoms with Gasteiger partial charge >= 0.3 is 0 Å². The van der Waals surface area contributed by atoms with Gasteiger partial charge in [0.1, 0.15) is 0 Å². The van der Waals surface area contributed by atoms with Crippen LogP contribution in [0.3, 0.4) is 0 Å². The molecule has 29 heavy (non-hydrogen) atoms. The number of amides is 2. The molecule has 0 aliphatic carbocycles. The molecule has 0 saturated carbocycles. The number of carbonyl (C=O) groups excluding carboxylic acids is 2. The molecule has 0 bridgehead atoms. The Kier molecular flexibility index (Phi) is 6.22. The van der Waals surface area contributed by atoms with Gasteiger partial charge < -0.3 is 10.2 Å². The second-order valence-electron chi connectivity index (χ2n) is 7.22. The topological polar surface area (TPSA) is 95.6 Å². The summed E-state index contributed by atoms with van der Waals surface area (Å²) >= 11 is 0. The summed E-state index contributed by atoms with van der Waals surface area (Å²) in [5.41, 5.74) is 2.32. The van der Waals surface area contributed by atoms with Gasteiger partial charge in [-0.15, -0.1) is 0 Å². The molecule has 2 aromatic rings. The van der Waals surface area contributed by atoms with Crippen LogP contribution in [-0.2, 0) is 14.8 Å². The second-order valence-corrected chi connectivity index (χ2v) is 8.90. The highest BCUT2D eigenvalue weighted by molar-refractivity contribution is 7.92. The van der Waals surface area contributed by atoms with Crippen molar-refractivity contribution >= 4 is 27.5 Å². The van der Waals surface area contributed by atoms with E-state index in [9.17, 15) is 18.0 Å². The third-order valence-electron chi connectivity index (χ3n) is 4.93. The predicted molar refractivity (Wildman–Crippen MR) is 111 cm³/mol. The van der Waals surface area contributed by atoms with Crippen LogP contribution in [0.1, 0.15) is 34.3 Å². The molecule has 1 fully saturated rings. The van der Waals surface area contributed by atoms with Gasteiger partial charge in [0, 0.05) is 24.3 Å². The standard InChI is InChI=1S/C21H25N3O4S/c1-15-5-8-17(9-6-15)23-29(27,28)18-10-7-16(2)19(13-18)21(26)22-14-20(25)24-11-3-4-12-24/h5-10,13,23H,3-4,11-12,14H2,1-2H3,(H,22,26). The molecule has 0 atom stereocenters. The largest absolute Gasteiger partial charge is 0.343 e. The molecular weight excluding hydrogens is 390 g/mol. The van der Waals surface area contributed by atoms with Gasteiger partial charge in [-0.1, -0.05) is 23.8 Å². The summed E-state index contributed by atoms with van der Waals surface area (Å²) < 4.78 is 27.9. The molecule has 8 heteroatoms. The van der Waals surface area contributed by atoms with Crippen LogP contribution in [0.2, 0.25) is 0 Å². The Morgan fingerprint density at radius 2 is 1.66 bits per heavy atom. The normalized spacial score (nSPS) is 13.9. The first-order valence-corrected chi connectivity index (χ1v) is 11.0. The number of sulfonamides is 1. The van der Waals surface area contributed by atoms with Crippen molar-refractivity contribution in [1.29, 1.82) is 0 Å². The van der Waals surface area contributed by atoms with E-state index in [-0.39, 0.29) is 22.9 Å². The summed E-state index contributed by atoms with van der Waals surface area (Å²) in [6.07, 6.45) is 1.96. The molecule has 1 heterocycles. The minimum absolute atomic E-state index is 0.0142. The lowest BCUT2D eigenvalue weighted by molar-refractivity contribution is -0.129. The van der Waals surface area contributed by atoms with Crippen LogP contribution >= 0.6 is 0 Å². The maximum Gasteiger partial charge on any atom is 0.261 e. The van der Waals surface area contributed by atoms with Gasteiger partial charge in [-0.25, -0.2) is 8.42 Å². The molecule has 0 spiro atoms. The minimum atomic E-state index is -3.85. The Labute approximate surface area is 171 Å². The molecule has 0 radical (unpaired) electrons. The number of aryl methyl sites for hydroxylation is 2. The molecule has 0 unspecified atom stereocenters. The molecule has 154 valence electrons. The van der Waals surface area contributed by atoms with Crippen LogP contribution in [0.25, 0.3) is 0 Å². The van der Waals surface area contributed by atoms with E-state index < -0.39 is 15.9 Å². The average Bonchev–Trinajstić information content (AvgIpc) is 3.22. The van der Waals surface area contributed by atoms with Crippen molar-refractivity contribution in [2.45, 2.75) is 31.6 Å². The van der Waals surface area contributed by atoms with Gasteiger partial charge in [0.25, 0.3) is 15.9 Å². The highest BCUT2D eigenvalue weighted by atomic mass is 32.2. The Morgan fingerprint density at radius 1 is 1.00 bits per heavy atom. The van der Waals surface area contributed by atoms with Gasteiger partial charge in [0.05, 0.1) is 11.4 Å². The summed E-state index contributed by atoms with van der Waals surface area (Å²) in [6, 6.07) is 11.4. The lowest BCUT2D eigenvalue weighted by Gasteiger charge is -2.16. The average molecular weight is 416 g/mol. The summed E-state index contributed by atoms with van der Waals surface area (Å²) in [6.45, 7) is 4.97.